The number of piperidine rings is 1. The molecule has 0 bridgehead atoms. The summed E-state index contributed by atoms with van der Waals surface area (Å²) in [5.41, 5.74) is -0.425. The summed E-state index contributed by atoms with van der Waals surface area (Å²) in [6.45, 7) is 10.7. The fourth-order valence-corrected chi connectivity index (χ4v) is 2.02. The first kappa shape index (κ1) is 14.3. The molecule has 0 radical (unpaired) electrons. The van der Waals surface area contributed by atoms with Crippen LogP contribution < -0.4 is 10.6 Å². The third-order valence-corrected chi connectivity index (χ3v) is 3.21. The van der Waals surface area contributed by atoms with Crippen LogP contribution in [0, 0.1) is 5.92 Å². The van der Waals surface area contributed by atoms with Crippen LogP contribution in [-0.2, 0) is 4.74 Å². The van der Waals surface area contributed by atoms with Crippen LogP contribution in [0.3, 0.4) is 0 Å². The summed E-state index contributed by atoms with van der Waals surface area (Å²) in [7, 11) is 0. The number of hydrogen-bond donors (Lipinski definition) is 2. The Morgan fingerprint density at radius 1 is 1.35 bits per heavy atom. The van der Waals surface area contributed by atoms with Crippen LogP contribution in [0.25, 0.3) is 0 Å². The number of amides is 1. The van der Waals surface area contributed by atoms with Crippen LogP contribution in [-0.4, -0.2) is 30.3 Å². The summed E-state index contributed by atoms with van der Waals surface area (Å²) in [5, 5.41) is 6.33. The fourth-order valence-electron chi connectivity index (χ4n) is 2.02. The molecule has 2 N–H and O–H groups in total. The van der Waals surface area contributed by atoms with Gasteiger partial charge in [0.2, 0.25) is 0 Å². The summed E-state index contributed by atoms with van der Waals surface area (Å²) in [4.78, 5) is 11.5. The zero-order valence-electron chi connectivity index (χ0n) is 11.7. The second kappa shape index (κ2) is 5.71. The molecule has 3 atom stereocenters. The minimum absolute atomic E-state index is 0.328. The van der Waals surface area contributed by atoms with Gasteiger partial charge in [-0.25, -0.2) is 4.79 Å². The number of carbonyl (C=O) groups is 1. The molecule has 4 nitrogen and oxygen atoms in total. The molecule has 0 aliphatic carbocycles. The quantitative estimate of drug-likeness (QED) is 0.781. The SMILES string of the molecule is C[C@@H]1CC[C@H](CNC(=O)OC(C)(C)C)N[C@@H]1C. The van der Waals surface area contributed by atoms with Gasteiger partial charge in [-0.2, -0.15) is 0 Å². The Balaban J connectivity index is 2.25. The van der Waals surface area contributed by atoms with E-state index in [1.54, 1.807) is 0 Å². The zero-order valence-corrected chi connectivity index (χ0v) is 11.7. The Kier molecular flexibility index (Phi) is 4.80. The van der Waals surface area contributed by atoms with E-state index in [0.717, 1.165) is 6.42 Å². The van der Waals surface area contributed by atoms with Crippen molar-refractivity contribution in [1.29, 1.82) is 0 Å². The topological polar surface area (TPSA) is 50.4 Å². The van der Waals surface area contributed by atoms with Gasteiger partial charge in [-0.3, -0.25) is 0 Å². The zero-order chi connectivity index (χ0) is 13.1. The van der Waals surface area contributed by atoms with Crippen molar-refractivity contribution in [2.24, 2.45) is 5.92 Å². The number of rotatable bonds is 2. The van der Waals surface area contributed by atoms with Crippen LogP contribution in [0.5, 0.6) is 0 Å². The number of nitrogens with one attached hydrogen (secondary N) is 2. The summed E-state index contributed by atoms with van der Waals surface area (Å²) in [6.07, 6.45) is 2.00. The molecular weight excluding hydrogens is 216 g/mol. The molecule has 0 aromatic heterocycles. The Labute approximate surface area is 104 Å². The standard InChI is InChI=1S/C13H26N2O2/c1-9-6-7-11(15-10(9)2)8-14-12(16)17-13(3,4)5/h9-11,15H,6-8H2,1-5H3,(H,14,16)/t9-,10-,11-/m1/s1. The van der Waals surface area contributed by atoms with E-state index in [0.29, 0.717) is 24.5 Å². The van der Waals surface area contributed by atoms with E-state index in [2.05, 4.69) is 24.5 Å². The average molecular weight is 242 g/mol. The lowest BCUT2D eigenvalue weighted by molar-refractivity contribution is 0.0517. The van der Waals surface area contributed by atoms with Crippen molar-refractivity contribution in [3.63, 3.8) is 0 Å². The molecule has 100 valence electrons. The molecule has 1 amide bonds. The van der Waals surface area contributed by atoms with E-state index in [-0.39, 0.29) is 6.09 Å². The molecule has 0 aromatic carbocycles. The highest BCUT2D eigenvalue weighted by atomic mass is 16.6. The van der Waals surface area contributed by atoms with E-state index in [9.17, 15) is 4.79 Å². The van der Waals surface area contributed by atoms with Gasteiger partial charge in [0.1, 0.15) is 5.60 Å². The maximum atomic E-state index is 11.5. The molecule has 1 rings (SSSR count). The monoisotopic (exact) mass is 242 g/mol. The Morgan fingerprint density at radius 3 is 2.53 bits per heavy atom. The van der Waals surface area contributed by atoms with Crippen molar-refractivity contribution in [3.8, 4) is 0 Å². The van der Waals surface area contributed by atoms with Gasteiger partial charge in [-0.1, -0.05) is 6.92 Å². The molecule has 0 aromatic rings. The second-order valence-electron chi connectivity index (χ2n) is 6.09. The van der Waals surface area contributed by atoms with Gasteiger partial charge in [-0.05, 0) is 46.5 Å². The van der Waals surface area contributed by atoms with Crippen LogP contribution in [0.15, 0.2) is 0 Å². The van der Waals surface area contributed by atoms with Crippen molar-refractivity contribution in [2.45, 2.75) is 65.1 Å². The number of alkyl carbamates (subject to hydrolysis) is 1. The molecule has 0 spiro atoms. The van der Waals surface area contributed by atoms with Gasteiger partial charge in [0, 0.05) is 18.6 Å². The van der Waals surface area contributed by atoms with Gasteiger partial charge in [0.05, 0.1) is 0 Å². The van der Waals surface area contributed by atoms with Crippen molar-refractivity contribution in [1.82, 2.24) is 10.6 Å². The molecule has 0 unspecified atom stereocenters. The van der Waals surface area contributed by atoms with Crippen molar-refractivity contribution >= 4 is 6.09 Å². The van der Waals surface area contributed by atoms with E-state index in [1.165, 1.54) is 6.42 Å². The normalized spacial score (nSPS) is 29.8. The Bertz CT molecular complexity index is 261. The smallest absolute Gasteiger partial charge is 0.407 e. The van der Waals surface area contributed by atoms with E-state index in [1.807, 2.05) is 20.8 Å². The molecule has 1 saturated heterocycles. The molecule has 1 heterocycles. The lowest BCUT2D eigenvalue weighted by Gasteiger charge is -2.34. The largest absolute Gasteiger partial charge is 0.444 e. The first-order chi connectivity index (χ1) is 7.78. The van der Waals surface area contributed by atoms with Crippen molar-refractivity contribution in [2.75, 3.05) is 6.54 Å². The predicted molar refractivity (Wildman–Crippen MR) is 69.0 cm³/mol. The molecule has 0 saturated carbocycles. The van der Waals surface area contributed by atoms with Gasteiger partial charge in [0.25, 0.3) is 0 Å². The Hall–Kier alpha value is -0.770. The van der Waals surface area contributed by atoms with Crippen LogP contribution in [0.1, 0.15) is 47.5 Å². The van der Waals surface area contributed by atoms with Crippen molar-refractivity contribution < 1.29 is 9.53 Å². The van der Waals surface area contributed by atoms with Gasteiger partial charge < -0.3 is 15.4 Å². The maximum Gasteiger partial charge on any atom is 0.407 e. The second-order valence-corrected chi connectivity index (χ2v) is 6.09. The number of carbonyl (C=O) groups excluding carboxylic acids is 1. The summed E-state index contributed by atoms with van der Waals surface area (Å²) < 4.78 is 5.20. The lowest BCUT2D eigenvalue weighted by Crippen LogP contribution is -2.50. The molecular formula is C13H26N2O2. The molecule has 1 fully saturated rings. The van der Waals surface area contributed by atoms with Crippen LogP contribution in [0.4, 0.5) is 4.79 Å². The summed E-state index contributed by atoms with van der Waals surface area (Å²) >= 11 is 0. The third kappa shape index (κ3) is 5.39. The van der Waals surface area contributed by atoms with Crippen LogP contribution in [0.2, 0.25) is 0 Å². The lowest BCUT2D eigenvalue weighted by atomic mass is 9.90. The molecule has 17 heavy (non-hydrogen) atoms. The number of ether oxygens (including phenoxy) is 1. The third-order valence-electron chi connectivity index (χ3n) is 3.21. The highest BCUT2D eigenvalue weighted by molar-refractivity contribution is 5.67. The van der Waals surface area contributed by atoms with Crippen LogP contribution >= 0.6 is 0 Å². The first-order valence-electron chi connectivity index (χ1n) is 6.51. The summed E-state index contributed by atoms with van der Waals surface area (Å²) in [6, 6.07) is 0.892. The minimum atomic E-state index is -0.425. The molecule has 1 aliphatic heterocycles. The summed E-state index contributed by atoms with van der Waals surface area (Å²) in [5.74, 6) is 0.716. The first-order valence-corrected chi connectivity index (χ1v) is 6.51. The molecule has 4 heteroatoms. The average Bonchev–Trinajstić information content (AvgIpc) is 2.17. The fraction of sp³-hybridized carbons (Fsp3) is 0.923. The maximum absolute atomic E-state index is 11.5. The molecule has 1 aliphatic rings. The predicted octanol–water partition coefficient (Wildman–Crippen LogP) is 2.29. The van der Waals surface area contributed by atoms with E-state index in [4.69, 9.17) is 4.74 Å². The highest BCUT2D eigenvalue weighted by Crippen LogP contribution is 2.18. The van der Waals surface area contributed by atoms with Gasteiger partial charge >= 0.3 is 6.09 Å². The van der Waals surface area contributed by atoms with E-state index < -0.39 is 5.60 Å². The Morgan fingerprint density at radius 2 is 2.00 bits per heavy atom. The van der Waals surface area contributed by atoms with Gasteiger partial charge in [0.15, 0.2) is 0 Å². The van der Waals surface area contributed by atoms with Gasteiger partial charge in [-0.15, -0.1) is 0 Å². The minimum Gasteiger partial charge on any atom is -0.444 e. The van der Waals surface area contributed by atoms with E-state index >= 15 is 0 Å². The highest BCUT2D eigenvalue weighted by Gasteiger charge is 2.24. The number of hydrogen-bond acceptors (Lipinski definition) is 3. The van der Waals surface area contributed by atoms with Crippen molar-refractivity contribution in [3.05, 3.63) is 0 Å².